The summed E-state index contributed by atoms with van der Waals surface area (Å²) in [5.41, 5.74) is 0.714. The number of hydrogen-bond donors (Lipinski definition) is 1. The average molecular weight is 328 g/mol. The number of amides is 3. The van der Waals surface area contributed by atoms with Crippen LogP contribution in [0.15, 0.2) is 48.8 Å². The lowest BCUT2D eigenvalue weighted by molar-refractivity contribution is -0.125. The Morgan fingerprint density at radius 1 is 1.17 bits per heavy atom. The molecule has 6 heteroatoms. The van der Waals surface area contributed by atoms with Gasteiger partial charge in [-0.1, -0.05) is 29.8 Å². The van der Waals surface area contributed by atoms with E-state index in [0.29, 0.717) is 23.6 Å². The van der Waals surface area contributed by atoms with Crippen molar-refractivity contribution in [3.63, 3.8) is 0 Å². The van der Waals surface area contributed by atoms with Crippen molar-refractivity contribution in [2.24, 2.45) is 0 Å². The van der Waals surface area contributed by atoms with Crippen molar-refractivity contribution in [1.29, 1.82) is 0 Å². The number of imide groups is 1. The fraction of sp³-hybridized carbons (Fsp3) is 0.235. The number of carbonyl (C=O) groups excluding carboxylic acids is 2. The first kappa shape index (κ1) is 14.2. The van der Waals surface area contributed by atoms with Gasteiger partial charge >= 0.3 is 6.03 Å². The number of halogens is 1. The highest BCUT2D eigenvalue weighted by atomic mass is 35.5. The van der Waals surface area contributed by atoms with Gasteiger partial charge in [0.15, 0.2) is 0 Å². The second kappa shape index (κ2) is 5.06. The minimum atomic E-state index is -0.809. The fourth-order valence-electron chi connectivity index (χ4n) is 3.43. The highest BCUT2D eigenvalue weighted by molar-refractivity contribution is 6.31. The maximum atomic E-state index is 12.8. The maximum Gasteiger partial charge on any atom is 0.329 e. The Kier molecular flexibility index (Phi) is 3.13. The maximum absolute atomic E-state index is 12.8. The number of carbonyl (C=O) groups is 2. The van der Waals surface area contributed by atoms with Gasteiger partial charge in [-0.3, -0.25) is 9.78 Å². The van der Waals surface area contributed by atoms with Crippen molar-refractivity contribution >= 4 is 29.2 Å². The van der Waals surface area contributed by atoms with Gasteiger partial charge in [-0.15, -0.1) is 0 Å². The number of hydrogen-bond acceptors (Lipinski definition) is 3. The van der Waals surface area contributed by atoms with E-state index in [0.717, 1.165) is 5.56 Å². The fourth-order valence-corrected chi connectivity index (χ4v) is 3.72. The van der Waals surface area contributed by atoms with Crippen molar-refractivity contribution in [2.45, 2.75) is 24.3 Å². The summed E-state index contributed by atoms with van der Waals surface area (Å²) in [6.45, 7) is 0. The van der Waals surface area contributed by atoms with Gasteiger partial charge in [-0.2, -0.15) is 0 Å². The Morgan fingerprint density at radius 3 is 2.65 bits per heavy atom. The van der Waals surface area contributed by atoms with Crippen LogP contribution in [0.5, 0.6) is 0 Å². The van der Waals surface area contributed by atoms with E-state index >= 15 is 0 Å². The monoisotopic (exact) mass is 327 g/mol. The standard InChI is InChI=1S/C17H14ClN3O2/c18-14-6-2-1-5-13(14)11-8-17(9-11)15(22)21(16(23)20-17)12-4-3-7-19-10-12/h1-7,10-11H,8-9H2,(H,20,23). The molecule has 2 heterocycles. The van der Waals surface area contributed by atoms with Crippen LogP contribution in [0, 0.1) is 0 Å². The van der Waals surface area contributed by atoms with Crippen molar-refractivity contribution in [1.82, 2.24) is 10.3 Å². The van der Waals surface area contributed by atoms with Gasteiger partial charge < -0.3 is 5.32 Å². The quantitative estimate of drug-likeness (QED) is 0.862. The Morgan fingerprint density at radius 2 is 1.96 bits per heavy atom. The molecule has 116 valence electrons. The third kappa shape index (κ3) is 2.11. The van der Waals surface area contributed by atoms with E-state index in [1.807, 2.05) is 24.3 Å². The number of benzene rings is 1. The Labute approximate surface area is 138 Å². The summed E-state index contributed by atoms with van der Waals surface area (Å²) in [7, 11) is 0. The summed E-state index contributed by atoms with van der Waals surface area (Å²) in [6.07, 6.45) is 4.26. The first-order chi connectivity index (χ1) is 11.1. The van der Waals surface area contributed by atoms with Crippen LogP contribution >= 0.6 is 11.6 Å². The summed E-state index contributed by atoms with van der Waals surface area (Å²) in [5, 5.41) is 3.55. The summed E-state index contributed by atoms with van der Waals surface area (Å²) >= 11 is 6.23. The van der Waals surface area contributed by atoms with Crippen molar-refractivity contribution < 1.29 is 9.59 Å². The van der Waals surface area contributed by atoms with Crippen LogP contribution in [-0.4, -0.2) is 22.5 Å². The molecule has 1 spiro atoms. The van der Waals surface area contributed by atoms with Crippen LogP contribution in [0.1, 0.15) is 24.3 Å². The molecule has 2 aromatic rings. The number of nitrogens with zero attached hydrogens (tertiary/aromatic N) is 2. The first-order valence-electron chi connectivity index (χ1n) is 7.42. The SMILES string of the molecule is O=C1NC2(CC(c3ccccc3Cl)C2)C(=O)N1c1cccnc1. The summed E-state index contributed by atoms with van der Waals surface area (Å²) in [5.74, 6) is -0.0272. The predicted molar refractivity (Wildman–Crippen MR) is 86.4 cm³/mol. The molecule has 4 rings (SSSR count). The van der Waals surface area contributed by atoms with Crippen LogP contribution in [0.25, 0.3) is 0 Å². The van der Waals surface area contributed by atoms with Crippen LogP contribution in [0.3, 0.4) is 0 Å². The number of pyridine rings is 1. The summed E-state index contributed by atoms with van der Waals surface area (Å²) in [4.78, 5) is 30.2. The normalized spacial score (nSPS) is 26.3. The molecule has 0 radical (unpaired) electrons. The molecule has 1 aliphatic carbocycles. The minimum Gasteiger partial charge on any atom is -0.323 e. The van der Waals surface area contributed by atoms with Gasteiger partial charge in [0.25, 0.3) is 5.91 Å². The molecular formula is C17H14ClN3O2. The lowest BCUT2D eigenvalue weighted by Gasteiger charge is -2.43. The molecule has 0 atom stereocenters. The Balaban J connectivity index is 1.58. The molecule has 1 aliphatic heterocycles. The molecular weight excluding hydrogens is 314 g/mol. The zero-order valence-corrected chi connectivity index (χ0v) is 13.0. The van der Waals surface area contributed by atoms with Gasteiger partial charge in [0.1, 0.15) is 5.54 Å². The van der Waals surface area contributed by atoms with Gasteiger partial charge in [0, 0.05) is 11.2 Å². The van der Waals surface area contributed by atoms with Crippen LogP contribution in [-0.2, 0) is 4.79 Å². The van der Waals surface area contributed by atoms with Crippen molar-refractivity contribution in [3.05, 3.63) is 59.4 Å². The molecule has 1 aromatic carbocycles. The third-order valence-electron chi connectivity index (χ3n) is 4.60. The number of nitrogens with one attached hydrogen (secondary N) is 1. The zero-order valence-electron chi connectivity index (χ0n) is 12.2. The summed E-state index contributed by atoms with van der Waals surface area (Å²) < 4.78 is 0. The molecule has 1 N–H and O–H groups in total. The van der Waals surface area contributed by atoms with E-state index in [2.05, 4.69) is 10.3 Å². The first-order valence-corrected chi connectivity index (χ1v) is 7.80. The lowest BCUT2D eigenvalue weighted by Crippen LogP contribution is -2.56. The average Bonchev–Trinajstić information content (AvgIpc) is 2.78. The second-order valence-electron chi connectivity index (χ2n) is 5.99. The Bertz CT molecular complexity index is 787. The minimum absolute atomic E-state index is 0.182. The molecule has 0 unspecified atom stereocenters. The van der Waals surface area contributed by atoms with E-state index in [1.54, 1.807) is 18.3 Å². The summed E-state index contributed by atoms with van der Waals surface area (Å²) in [6, 6.07) is 10.7. The van der Waals surface area contributed by atoms with Crippen molar-refractivity contribution in [3.8, 4) is 0 Å². The van der Waals surface area contributed by atoms with E-state index in [9.17, 15) is 9.59 Å². The van der Waals surface area contributed by atoms with Crippen LogP contribution in [0.2, 0.25) is 5.02 Å². The van der Waals surface area contributed by atoms with E-state index in [4.69, 9.17) is 11.6 Å². The Hall–Kier alpha value is -2.40. The van der Waals surface area contributed by atoms with E-state index in [1.165, 1.54) is 11.1 Å². The molecule has 2 fully saturated rings. The molecule has 5 nitrogen and oxygen atoms in total. The zero-order chi connectivity index (χ0) is 16.0. The lowest BCUT2D eigenvalue weighted by atomic mass is 9.65. The number of anilines is 1. The number of rotatable bonds is 2. The third-order valence-corrected chi connectivity index (χ3v) is 4.94. The van der Waals surface area contributed by atoms with Crippen LogP contribution < -0.4 is 10.2 Å². The second-order valence-corrected chi connectivity index (χ2v) is 6.40. The smallest absolute Gasteiger partial charge is 0.323 e. The largest absolute Gasteiger partial charge is 0.329 e. The molecule has 1 aromatic heterocycles. The molecule has 23 heavy (non-hydrogen) atoms. The highest BCUT2D eigenvalue weighted by Gasteiger charge is 2.59. The van der Waals surface area contributed by atoms with Gasteiger partial charge in [0.2, 0.25) is 0 Å². The van der Waals surface area contributed by atoms with Gasteiger partial charge in [-0.25, -0.2) is 9.69 Å². The van der Waals surface area contributed by atoms with Crippen molar-refractivity contribution in [2.75, 3.05) is 4.90 Å². The highest BCUT2D eigenvalue weighted by Crippen LogP contribution is 2.49. The number of aromatic nitrogens is 1. The van der Waals surface area contributed by atoms with Gasteiger partial charge in [0.05, 0.1) is 11.9 Å². The topological polar surface area (TPSA) is 62.3 Å². The molecule has 0 bridgehead atoms. The molecule has 3 amide bonds. The molecule has 2 aliphatic rings. The molecule has 1 saturated heterocycles. The van der Waals surface area contributed by atoms with E-state index < -0.39 is 5.54 Å². The van der Waals surface area contributed by atoms with Crippen LogP contribution in [0.4, 0.5) is 10.5 Å². The predicted octanol–water partition coefficient (Wildman–Crippen LogP) is 3.11. The van der Waals surface area contributed by atoms with E-state index in [-0.39, 0.29) is 17.9 Å². The van der Waals surface area contributed by atoms with Gasteiger partial charge in [-0.05, 0) is 42.5 Å². The molecule has 1 saturated carbocycles. The number of urea groups is 1.